The second-order valence-electron chi connectivity index (χ2n) is 11.4. The summed E-state index contributed by atoms with van der Waals surface area (Å²) in [5.74, 6) is 0.529. The van der Waals surface area contributed by atoms with E-state index in [1.165, 1.54) is 50.7 Å². The third-order valence-corrected chi connectivity index (χ3v) is 8.74. The van der Waals surface area contributed by atoms with Crippen LogP contribution in [0.3, 0.4) is 0 Å². The van der Waals surface area contributed by atoms with Crippen molar-refractivity contribution in [3.8, 4) is 5.75 Å². The molecule has 0 aliphatic heterocycles. The number of rotatable bonds is 7. The minimum Gasteiger partial charge on any atom is -0.484 e. The van der Waals surface area contributed by atoms with Crippen LogP contribution in [0.25, 0.3) is 0 Å². The average Bonchev–Trinajstić information content (AvgIpc) is 2.90. The molecule has 0 aromatic heterocycles. The third kappa shape index (κ3) is 9.55. The van der Waals surface area contributed by atoms with Crippen LogP contribution in [0.1, 0.15) is 82.6 Å². The lowest BCUT2D eigenvalue weighted by molar-refractivity contribution is -0.127. The first-order valence-electron chi connectivity index (χ1n) is 14.5. The smallest absolute Gasteiger partial charge is 0.315 e. The van der Waals surface area contributed by atoms with Gasteiger partial charge in [0.15, 0.2) is 6.61 Å². The van der Waals surface area contributed by atoms with Gasteiger partial charge in [-0.05, 0) is 61.4 Å². The molecule has 0 radical (unpaired) electrons. The van der Waals surface area contributed by atoms with Crippen LogP contribution in [0.2, 0.25) is 10.0 Å². The minimum atomic E-state index is -0.382. The fraction of sp³-hybridized carbons (Fsp3) is 0.548. The number of nitrogens with one attached hydrogen (secondary N) is 3. The summed E-state index contributed by atoms with van der Waals surface area (Å²) in [6, 6.07) is 10.8. The van der Waals surface area contributed by atoms with Crippen LogP contribution in [0.4, 0.5) is 9.18 Å². The molecule has 2 aromatic rings. The third-order valence-electron chi connectivity index (χ3n) is 8.00. The Bertz CT molecular complexity index is 1140. The van der Waals surface area contributed by atoms with E-state index in [4.69, 9.17) is 27.9 Å². The van der Waals surface area contributed by atoms with Crippen LogP contribution in [0.5, 0.6) is 5.75 Å². The first kappa shape index (κ1) is 30.4. The minimum absolute atomic E-state index is 0.0901. The molecule has 5 rings (SSSR count). The van der Waals surface area contributed by atoms with E-state index in [1.54, 1.807) is 30.3 Å². The highest BCUT2D eigenvalue weighted by Crippen LogP contribution is 2.44. The van der Waals surface area contributed by atoms with Crippen molar-refractivity contribution in [2.45, 2.75) is 95.2 Å². The molecule has 3 aliphatic carbocycles. The lowest BCUT2D eigenvalue weighted by atomic mass is 9.63. The average molecular weight is 593 g/mol. The van der Waals surface area contributed by atoms with Gasteiger partial charge in [-0.25, -0.2) is 9.18 Å². The highest BCUT2D eigenvalue weighted by Gasteiger charge is 2.46. The summed E-state index contributed by atoms with van der Waals surface area (Å²) in [4.78, 5) is 25.9. The van der Waals surface area contributed by atoms with Gasteiger partial charge in [-0.15, -0.1) is 0 Å². The predicted octanol–water partition coefficient (Wildman–Crippen LogP) is 7.56. The number of ether oxygens (including phenoxy) is 1. The van der Waals surface area contributed by atoms with Crippen molar-refractivity contribution in [3.63, 3.8) is 0 Å². The number of carbonyl (C=O) groups excluding carboxylic acids is 2. The van der Waals surface area contributed by atoms with Gasteiger partial charge in [0.25, 0.3) is 5.91 Å². The molecule has 218 valence electrons. The zero-order chi connectivity index (χ0) is 28.4. The van der Waals surface area contributed by atoms with Crippen molar-refractivity contribution in [1.29, 1.82) is 0 Å². The molecule has 1 unspecified atom stereocenters. The molecular weight excluding hydrogens is 552 g/mol. The maximum atomic E-state index is 13.5. The van der Waals surface area contributed by atoms with E-state index in [9.17, 15) is 14.0 Å². The van der Waals surface area contributed by atoms with Crippen LogP contribution in [-0.2, 0) is 11.3 Å². The van der Waals surface area contributed by atoms with Crippen LogP contribution in [0, 0.1) is 11.7 Å². The molecule has 3 saturated carbocycles. The lowest BCUT2D eigenvalue weighted by Crippen LogP contribution is -2.61. The maximum absolute atomic E-state index is 13.5. The Hall–Kier alpha value is -2.51. The normalized spacial score (nSPS) is 23.7. The first-order valence-corrected chi connectivity index (χ1v) is 15.2. The number of carbonyl (C=O) groups is 2. The molecule has 3 N–H and O–H groups in total. The molecule has 1 atom stereocenters. The molecule has 6 nitrogen and oxygen atoms in total. The Morgan fingerprint density at radius 3 is 2.35 bits per heavy atom. The zero-order valence-corrected chi connectivity index (χ0v) is 24.5. The lowest BCUT2D eigenvalue weighted by Gasteiger charge is -2.50. The largest absolute Gasteiger partial charge is 0.484 e. The molecule has 3 aliphatic rings. The molecule has 40 heavy (non-hydrogen) atoms. The van der Waals surface area contributed by atoms with Crippen LogP contribution < -0.4 is 20.7 Å². The van der Waals surface area contributed by atoms with Gasteiger partial charge in [-0.2, -0.15) is 0 Å². The van der Waals surface area contributed by atoms with Gasteiger partial charge in [0.2, 0.25) is 0 Å². The van der Waals surface area contributed by atoms with Crippen molar-refractivity contribution < 1.29 is 18.7 Å². The summed E-state index contributed by atoms with van der Waals surface area (Å²) < 4.78 is 19.2. The molecule has 2 bridgehead atoms. The molecule has 2 aromatic carbocycles. The van der Waals surface area contributed by atoms with Gasteiger partial charge in [0, 0.05) is 24.2 Å². The molecule has 0 heterocycles. The Morgan fingerprint density at radius 1 is 0.900 bits per heavy atom. The van der Waals surface area contributed by atoms with Crippen molar-refractivity contribution >= 4 is 35.1 Å². The van der Waals surface area contributed by atoms with Crippen molar-refractivity contribution in [3.05, 3.63) is 63.9 Å². The summed E-state index contributed by atoms with van der Waals surface area (Å²) in [6.45, 7) is 0.114. The highest BCUT2D eigenvalue weighted by atomic mass is 35.5. The maximum Gasteiger partial charge on any atom is 0.315 e. The molecule has 3 fully saturated rings. The van der Waals surface area contributed by atoms with E-state index in [2.05, 4.69) is 16.0 Å². The summed E-state index contributed by atoms with van der Waals surface area (Å²) in [5, 5.41) is 10.1. The predicted molar refractivity (Wildman–Crippen MR) is 157 cm³/mol. The summed E-state index contributed by atoms with van der Waals surface area (Å²) in [7, 11) is 0. The molecule has 0 spiro atoms. The number of hydrogen-bond donors (Lipinski definition) is 3. The highest BCUT2D eigenvalue weighted by molar-refractivity contribution is 6.42. The Morgan fingerprint density at radius 2 is 1.62 bits per heavy atom. The topological polar surface area (TPSA) is 79.5 Å². The zero-order valence-electron chi connectivity index (χ0n) is 23.0. The first-order chi connectivity index (χ1) is 19.3. The van der Waals surface area contributed by atoms with E-state index in [1.807, 2.05) is 0 Å². The number of fused-ring (bicyclic) bond motifs is 10. The summed E-state index contributed by atoms with van der Waals surface area (Å²) >= 11 is 12.1. The number of hydrogen-bond acceptors (Lipinski definition) is 3. The van der Waals surface area contributed by atoms with E-state index >= 15 is 0 Å². The van der Waals surface area contributed by atoms with Gasteiger partial charge in [-0.1, -0.05) is 86.7 Å². The van der Waals surface area contributed by atoms with Crippen LogP contribution in [0.15, 0.2) is 42.5 Å². The Labute approximate surface area is 246 Å². The van der Waals surface area contributed by atoms with Crippen molar-refractivity contribution in [2.75, 3.05) is 6.61 Å². The monoisotopic (exact) mass is 591 g/mol. The second kappa shape index (κ2) is 14.9. The number of urea groups is 1. The van der Waals surface area contributed by atoms with Gasteiger partial charge in [0.05, 0.1) is 10.0 Å². The van der Waals surface area contributed by atoms with Gasteiger partial charge >= 0.3 is 6.03 Å². The number of amides is 3. The quantitative estimate of drug-likeness (QED) is 0.311. The standard InChI is InChI=1S/C31H40Cl2FN3O3/c32-27-14-13-26(16-28(27)33)40-21-29(38)37-31-17-23(18-31)9-6-4-2-1-3-5-7-12-25(19-31)36-30(39)35-20-22-10-8-11-24(34)15-22/h8,10-11,13-16,23,25H,1-7,9,12,17-21H2,(H,37,38)(H2,35,36,39). The molecular formula is C31H40Cl2FN3O3. The second-order valence-corrected chi connectivity index (χ2v) is 12.2. The van der Waals surface area contributed by atoms with Gasteiger partial charge < -0.3 is 20.7 Å². The van der Waals surface area contributed by atoms with E-state index in [0.29, 0.717) is 33.7 Å². The van der Waals surface area contributed by atoms with E-state index in [-0.39, 0.29) is 42.5 Å². The van der Waals surface area contributed by atoms with Crippen molar-refractivity contribution in [1.82, 2.24) is 16.0 Å². The number of benzene rings is 2. The molecule has 9 heteroatoms. The van der Waals surface area contributed by atoms with E-state index < -0.39 is 0 Å². The van der Waals surface area contributed by atoms with Gasteiger partial charge in [-0.3, -0.25) is 4.79 Å². The SMILES string of the molecule is O=C(COc1ccc(Cl)c(Cl)c1)NC12CC(CCCCCCCCCC(NC(=O)NCc3cccc(F)c3)C1)C2. The summed E-state index contributed by atoms with van der Waals surface area (Å²) in [5.41, 5.74) is 0.321. The fourth-order valence-electron chi connectivity index (χ4n) is 6.09. The number of halogens is 3. The molecule has 3 amide bonds. The fourth-order valence-corrected chi connectivity index (χ4v) is 6.37. The Kier molecular flexibility index (Phi) is 11.4. The van der Waals surface area contributed by atoms with E-state index in [0.717, 1.165) is 32.1 Å². The Balaban J connectivity index is 1.38. The van der Waals surface area contributed by atoms with Crippen LogP contribution in [-0.4, -0.2) is 30.1 Å². The van der Waals surface area contributed by atoms with Gasteiger partial charge in [0.1, 0.15) is 11.6 Å². The van der Waals surface area contributed by atoms with Crippen molar-refractivity contribution in [2.24, 2.45) is 5.92 Å². The van der Waals surface area contributed by atoms with Crippen LogP contribution >= 0.6 is 23.2 Å². The summed E-state index contributed by atoms with van der Waals surface area (Å²) in [6.07, 6.45) is 12.8. The molecule has 0 saturated heterocycles.